The summed E-state index contributed by atoms with van der Waals surface area (Å²) in [4.78, 5) is 0. The zero-order valence-electron chi connectivity index (χ0n) is 20.5. The van der Waals surface area contributed by atoms with E-state index in [0.717, 1.165) is 0 Å². The zero-order valence-corrected chi connectivity index (χ0v) is 20.5. The van der Waals surface area contributed by atoms with E-state index in [4.69, 9.17) is 0 Å². The summed E-state index contributed by atoms with van der Waals surface area (Å²) in [5.74, 6) is 0. The normalized spacial score (nSPS) is 12.7. The molecule has 0 heterocycles. The van der Waals surface area contributed by atoms with Gasteiger partial charge in [-0.05, 0) is 133 Å². The van der Waals surface area contributed by atoms with Crippen molar-refractivity contribution < 1.29 is 0 Å². The Bertz CT molecular complexity index is 2420. The quantitative estimate of drug-likeness (QED) is 0.191. The van der Waals surface area contributed by atoms with Crippen LogP contribution in [0.5, 0.6) is 0 Å². The summed E-state index contributed by atoms with van der Waals surface area (Å²) in [5, 5.41) is 24.3. The van der Waals surface area contributed by atoms with Crippen LogP contribution in [-0.2, 0) is 0 Å². The minimum absolute atomic E-state index is 1.31. The highest BCUT2D eigenvalue weighted by atomic mass is 14.2. The van der Waals surface area contributed by atoms with Gasteiger partial charge in [-0.2, -0.15) is 0 Å². The summed E-state index contributed by atoms with van der Waals surface area (Å²) in [5.41, 5.74) is 0. The molecule has 0 amide bonds. The second-order valence-electron chi connectivity index (χ2n) is 10.9. The molecule has 172 valence electrons. The van der Waals surface area contributed by atoms with E-state index < -0.39 is 0 Å². The van der Waals surface area contributed by atoms with Crippen molar-refractivity contribution in [1.82, 2.24) is 0 Å². The largest absolute Gasteiger partial charge is 0.0616 e. The number of fused-ring (bicyclic) bond motifs is 11. The Kier molecular flexibility index (Phi) is 3.28. The Balaban J connectivity index is 1.41. The highest BCUT2D eigenvalue weighted by molar-refractivity contribution is 6.38. The molecule has 0 unspecified atom stereocenters. The van der Waals surface area contributed by atoms with Crippen LogP contribution >= 0.6 is 0 Å². The third-order valence-corrected chi connectivity index (χ3v) is 9.04. The van der Waals surface area contributed by atoms with E-state index >= 15 is 0 Å². The molecule has 0 aliphatic rings. The smallest absolute Gasteiger partial charge is 0.00199 e. The molecule has 0 spiro atoms. The van der Waals surface area contributed by atoms with Gasteiger partial charge >= 0.3 is 0 Å². The molecule has 0 aliphatic carbocycles. The van der Waals surface area contributed by atoms with Crippen LogP contribution in [0, 0.1) is 0 Å². The van der Waals surface area contributed by atoms with Crippen LogP contribution in [0.1, 0.15) is 0 Å². The number of hydrogen-bond acceptors (Lipinski definition) is 0. The Morgan fingerprint density at radius 3 is 0.974 bits per heavy atom. The first-order valence-corrected chi connectivity index (χ1v) is 13.4. The van der Waals surface area contributed by atoms with Crippen molar-refractivity contribution in [2.45, 2.75) is 0 Å². The van der Waals surface area contributed by atoms with Crippen molar-refractivity contribution in [1.29, 1.82) is 0 Å². The van der Waals surface area contributed by atoms with Gasteiger partial charge in [0.05, 0.1) is 0 Å². The van der Waals surface area contributed by atoms with Gasteiger partial charge < -0.3 is 0 Å². The molecule has 38 heavy (non-hydrogen) atoms. The monoisotopic (exact) mass is 476 g/mol. The maximum absolute atomic E-state index is 2.44. The number of hydrogen-bond donors (Lipinski definition) is 0. The first kappa shape index (κ1) is 19.2. The summed E-state index contributed by atoms with van der Waals surface area (Å²) in [6, 6.07) is 45.7. The number of rotatable bonds is 0. The van der Waals surface area contributed by atoms with Crippen LogP contribution in [0.25, 0.3) is 97.0 Å². The van der Waals surface area contributed by atoms with Gasteiger partial charge in [0, 0.05) is 0 Å². The van der Waals surface area contributed by atoms with Crippen LogP contribution in [0.4, 0.5) is 0 Å². The van der Waals surface area contributed by atoms with Crippen molar-refractivity contribution in [3.05, 3.63) is 121 Å². The Labute approximate surface area is 218 Å². The molecular weight excluding hydrogens is 456 g/mol. The van der Waals surface area contributed by atoms with Crippen LogP contribution in [0.15, 0.2) is 121 Å². The lowest BCUT2D eigenvalue weighted by atomic mass is 9.99. The first-order chi connectivity index (χ1) is 18.8. The summed E-state index contributed by atoms with van der Waals surface area (Å²) in [6.45, 7) is 0. The molecule has 0 atom stereocenters. The lowest BCUT2D eigenvalue weighted by Crippen LogP contribution is -1.77. The summed E-state index contributed by atoms with van der Waals surface area (Å²) in [6.07, 6.45) is 0. The van der Waals surface area contributed by atoms with E-state index in [0.29, 0.717) is 0 Å². The average molecular weight is 477 g/mol. The molecule has 0 radical (unpaired) electrons. The maximum atomic E-state index is 2.44. The van der Waals surface area contributed by atoms with Gasteiger partial charge in [0.15, 0.2) is 0 Å². The third-order valence-electron chi connectivity index (χ3n) is 9.04. The molecule has 0 aromatic heterocycles. The van der Waals surface area contributed by atoms with Crippen molar-refractivity contribution in [2.75, 3.05) is 0 Å². The molecule has 0 N–H and O–H groups in total. The van der Waals surface area contributed by atoms with Crippen LogP contribution < -0.4 is 0 Å². The van der Waals surface area contributed by atoms with Gasteiger partial charge in [0.25, 0.3) is 0 Å². The highest BCUT2D eigenvalue weighted by Gasteiger charge is 2.17. The SMILES string of the molecule is c1ccc2c(c1)cc1c3cc4cc5c(cc4cc3c3cccc2c31)c1cc2ccccc2c2cccc5c21. The highest BCUT2D eigenvalue weighted by Crippen LogP contribution is 2.46. The molecule has 10 aromatic carbocycles. The third kappa shape index (κ3) is 2.20. The molecular formula is C38H20. The molecule has 0 nitrogen and oxygen atoms in total. The van der Waals surface area contributed by atoms with Crippen LogP contribution in [-0.4, -0.2) is 0 Å². The van der Waals surface area contributed by atoms with Crippen molar-refractivity contribution in [3.8, 4) is 0 Å². The molecule has 0 saturated heterocycles. The lowest BCUT2D eigenvalue weighted by molar-refractivity contribution is 1.82. The van der Waals surface area contributed by atoms with E-state index in [1.807, 2.05) is 0 Å². The van der Waals surface area contributed by atoms with E-state index in [2.05, 4.69) is 121 Å². The summed E-state index contributed by atoms with van der Waals surface area (Å²) in [7, 11) is 0. The Morgan fingerprint density at radius 1 is 0.211 bits per heavy atom. The topological polar surface area (TPSA) is 0 Å². The van der Waals surface area contributed by atoms with Gasteiger partial charge in [-0.3, -0.25) is 0 Å². The van der Waals surface area contributed by atoms with Crippen LogP contribution in [0.2, 0.25) is 0 Å². The lowest BCUT2D eigenvalue weighted by Gasteiger charge is -2.05. The second-order valence-corrected chi connectivity index (χ2v) is 10.9. The predicted octanol–water partition coefficient (Wildman–Crippen LogP) is 10.9. The summed E-state index contributed by atoms with van der Waals surface area (Å²) < 4.78 is 0. The molecule has 0 saturated carbocycles. The van der Waals surface area contributed by atoms with Crippen LogP contribution in [0.3, 0.4) is 0 Å². The van der Waals surface area contributed by atoms with E-state index in [9.17, 15) is 0 Å². The molecule has 0 heteroatoms. The maximum Gasteiger partial charge on any atom is -0.00199 e. The predicted molar refractivity (Wildman–Crippen MR) is 166 cm³/mol. The fourth-order valence-corrected chi connectivity index (χ4v) is 7.44. The molecule has 0 bridgehead atoms. The van der Waals surface area contributed by atoms with Crippen molar-refractivity contribution in [2.24, 2.45) is 0 Å². The Morgan fingerprint density at radius 2 is 0.526 bits per heavy atom. The van der Waals surface area contributed by atoms with E-state index in [1.54, 1.807) is 0 Å². The Hall–Kier alpha value is -4.94. The van der Waals surface area contributed by atoms with Crippen molar-refractivity contribution >= 4 is 97.0 Å². The first-order valence-electron chi connectivity index (χ1n) is 13.4. The molecule has 10 aromatic rings. The fraction of sp³-hybridized carbons (Fsp3) is 0. The molecule has 0 fully saturated rings. The minimum atomic E-state index is 1.31. The average Bonchev–Trinajstić information content (AvgIpc) is 3.44. The number of benzene rings is 8. The van der Waals surface area contributed by atoms with Gasteiger partial charge in [-0.1, -0.05) is 84.9 Å². The fourth-order valence-electron chi connectivity index (χ4n) is 7.44. The standard InChI is InChI=1S/C38H20/c1-3-9-25-21(7-1)15-35-33-19-23-18-32-30-14-6-12-28-26-10-4-2-8-22(26)16-36(38(28)30)34(32)20-24(23)17-31(33)29-13-5-11-27(25)37(29)35/h1-20H. The van der Waals surface area contributed by atoms with Crippen molar-refractivity contribution in [3.63, 3.8) is 0 Å². The van der Waals surface area contributed by atoms with Gasteiger partial charge in [0.2, 0.25) is 0 Å². The van der Waals surface area contributed by atoms with E-state index in [1.165, 1.54) is 97.0 Å². The van der Waals surface area contributed by atoms with Gasteiger partial charge in [-0.15, -0.1) is 0 Å². The van der Waals surface area contributed by atoms with Gasteiger partial charge in [-0.25, -0.2) is 0 Å². The summed E-state index contributed by atoms with van der Waals surface area (Å²) >= 11 is 0. The molecule has 0 aliphatic heterocycles. The molecule has 10 rings (SSSR count). The van der Waals surface area contributed by atoms with E-state index in [-0.39, 0.29) is 0 Å². The minimum Gasteiger partial charge on any atom is -0.0616 e. The zero-order chi connectivity index (χ0) is 24.5. The second kappa shape index (κ2) is 6.49. The van der Waals surface area contributed by atoms with Gasteiger partial charge in [0.1, 0.15) is 0 Å².